The van der Waals surface area contributed by atoms with Crippen LogP contribution >= 0.6 is 0 Å². The fourth-order valence-electron chi connectivity index (χ4n) is 0. The molecule has 5 heavy (non-hydrogen) atoms. The van der Waals surface area contributed by atoms with Crippen LogP contribution in [-0.4, -0.2) is 14.6 Å². The molecule has 0 heterocycles. The Kier molecular flexibility index (Phi) is 18.4. The molecule has 0 saturated heterocycles. The first-order valence-electron chi connectivity index (χ1n) is 1.52. The first kappa shape index (κ1) is 9.94. The first-order valence-corrected chi connectivity index (χ1v) is 3.16. The van der Waals surface area contributed by atoms with E-state index in [1.54, 1.807) is 0 Å². The minimum absolute atomic E-state index is 0. The Bertz CT molecular complexity index is 15.5. The third-order valence-corrected chi connectivity index (χ3v) is 0.671. The topological polar surface area (TPSA) is 20.2 Å². The summed E-state index contributed by atoms with van der Waals surface area (Å²) in [6.07, 6.45) is 0. The maximum absolute atomic E-state index is 8.01. The van der Waals surface area contributed by atoms with Gasteiger partial charge in [-0.05, 0) is 6.04 Å². The van der Waals surface area contributed by atoms with Gasteiger partial charge < -0.3 is 6.22 Å². The van der Waals surface area contributed by atoms with Gasteiger partial charge >= 0.3 is 51.4 Å². The molecule has 1 nitrogen and oxygen atoms in total. The SMILES string of the molecule is CC[SiH2]O.[H-].[K+]. The van der Waals surface area contributed by atoms with Crippen molar-refractivity contribution in [3.8, 4) is 0 Å². The molecule has 1 N–H and O–H groups in total. The first-order chi connectivity index (χ1) is 1.91. The minimum Gasteiger partial charge on any atom is -1.00 e. The molecule has 0 aliphatic carbocycles. The van der Waals surface area contributed by atoms with Gasteiger partial charge in [0.25, 0.3) is 0 Å². The van der Waals surface area contributed by atoms with Crippen LogP contribution in [0.15, 0.2) is 0 Å². The van der Waals surface area contributed by atoms with Crippen molar-refractivity contribution < 1.29 is 57.6 Å². The van der Waals surface area contributed by atoms with E-state index in [9.17, 15) is 0 Å². The van der Waals surface area contributed by atoms with E-state index in [1.807, 2.05) is 6.92 Å². The molecule has 0 aromatic heterocycles. The molecule has 0 aliphatic rings. The van der Waals surface area contributed by atoms with Crippen LogP contribution in [0, 0.1) is 0 Å². The molecule has 0 bridgehead atoms. The van der Waals surface area contributed by atoms with Gasteiger partial charge in [-0.3, -0.25) is 0 Å². The van der Waals surface area contributed by atoms with Crippen LogP contribution < -0.4 is 51.4 Å². The largest absolute Gasteiger partial charge is 1.00 e. The predicted octanol–water partition coefficient (Wildman–Crippen LogP) is -3.38. The van der Waals surface area contributed by atoms with Crippen LogP contribution in [-0.2, 0) is 0 Å². The molecule has 0 aromatic carbocycles. The molecular weight excluding hydrogens is 107 g/mol. The monoisotopic (exact) mass is 116 g/mol. The third-order valence-electron chi connectivity index (χ3n) is 0.224. The van der Waals surface area contributed by atoms with Crippen LogP contribution in [0.5, 0.6) is 0 Å². The fourth-order valence-corrected chi connectivity index (χ4v) is 0. The van der Waals surface area contributed by atoms with Gasteiger partial charge in [0, 0.05) is 0 Å². The summed E-state index contributed by atoms with van der Waals surface area (Å²) in [5.41, 5.74) is 0. The van der Waals surface area contributed by atoms with Crippen LogP contribution in [0.1, 0.15) is 8.35 Å². The van der Waals surface area contributed by atoms with Gasteiger partial charge in [0.2, 0.25) is 0 Å². The van der Waals surface area contributed by atoms with Crippen molar-refractivity contribution in [2.75, 3.05) is 0 Å². The second-order valence-electron chi connectivity index (χ2n) is 0.724. The molecule has 0 radical (unpaired) electrons. The van der Waals surface area contributed by atoms with Gasteiger partial charge in [-0.2, -0.15) is 0 Å². The molecule has 0 aromatic rings. The summed E-state index contributed by atoms with van der Waals surface area (Å²) in [5.74, 6) is 0. The quantitative estimate of drug-likeness (QED) is 0.354. The van der Waals surface area contributed by atoms with Crippen LogP contribution in [0.25, 0.3) is 0 Å². The Hall–Kier alpha value is 1.81. The standard InChI is InChI=1S/C2H8OSi.K.H/c1-2-4-3;;/h3H,2,4H2,1H3;;/q;+1;-1. The van der Waals surface area contributed by atoms with Gasteiger partial charge in [0.1, 0.15) is 0 Å². The summed E-state index contributed by atoms with van der Waals surface area (Å²) in [6.45, 7) is 1.99. The summed E-state index contributed by atoms with van der Waals surface area (Å²) >= 11 is 0. The fraction of sp³-hybridized carbons (Fsp3) is 1.00. The average Bonchev–Trinajstić information content (AvgIpc) is 1.37. The Morgan fingerprint density at radius 3 is 2.20 bits per heavy atom. The second kappa shape index (κ2) is 9.26. The summed E-state index contributed by atoms with van der Waals surface area (Å²) in [5, 5.41) is 0. The van der Waals surface area contributed by atoms with E-state index in [1.165, 1.54) is 0 Å². The van der Waals surface area contributed by atoms with Gasteiger partial charge in [-0.1, -0.05) is 6.92 Å². The summed E-state index contributed by atoms with van der Waals surface area (Å²) < 4.78 is 0. The zero-order chi connectivity index (χ0) is 3.41. The zero-order valence-electron chi connectivity index (χ0n) is 4.86. The van der Waals surface area contributed by atoms with Crippen molar-refractivity contribution in [2.24, 2.45) is 0 Å². The molecule has 0 saturated carbocycles. The summed E-state index contributed by atoms with van der Waals surface area (Å²) in [4.78, 5) is 8.01. The summed E-state index contributed by atoms with van der Waals surface area (Å²) in [6, 6.07) is 1.01. The maximum atomic E-state index is 8.01. The van der Waals surface area contributed by atoms with Crippen molar-refractivity contribution in [1.29, 1.82) is 0 Å². The normalized spacial score (nSPS) is 8.40. The maximum Gasteiger partial charge on any atom is 1.00 e. The molecule has 0 amide bonds. The molecule has 0 fully saturated rings. The van der Waals surface area contributed by atoms with E-state index in [2.05, 4.69) is 0 Å². The molecular formula is C2H9KOSi. The van der Waals surface area contributed by atoms with E-state index in [0.29, 0.717) is 0 Å². The Labute approximate surface area is 79.0 Å². The molecule has 0 atom stereocenters. The average molecular weight is 116 g/mol. The van der Waals surface area contributed by atoms with Gasteiger partial charge in [-0.15, -0.1) is 0 Å². The Morgan fingerprint density at radius 2 is 2.20 bits per heavy atom. The van der Waals surface area contributed by atoms with Crippen LogP contribution in [0.2, 0.25) is 6.04 Å². The molecule has 0 rings (SSSR count). The zero-order valence-corrected chi connectivity index (χ0v) is 8.40. The molecule has 0 aliphatic heterocycles. The Balaban J connectivity index is -0.0000000450. The molecule has 3 heteroatoms. The van der Waals surface area contributed by atoms with Crippen molar-refractivity contribution >= 4 is 9.76 Å². The number of hydrogen-bond donors (Lipinski definition) is 1. The van der Waals surface area contributed by atoms with E-state index < -0.39 is 9.76 Å². The van der Waals surface area contributed by atoms with Crippen molar-refractivity contribution in [3.63, 3.8) is 0 Å². The van der Waals surface area contributed by atoms with Gasteiger partial charge in [-0.25, -0.2) is 0 Å². The summed E-state index contributed by atoms with van der Waals surface area (Å²) in [7, 11) is -0.576. The van der Waals surface area contributed by atoms with E-state index in [4.69, 9.17) is 4.80 Å². The van der Waals surface area contributed by atoms with E-state index in [0.717, 1.165) is 6.04 Å². The molecule has 0 unspecified atom stereocenters. The van der Waals surface area contributed by atoms with Crippen LogP contribution in [0.3, 0.4) is 0 Å². The van der Waals surface area contributed by atoms with Gasteiger partial charge in [0.05, 0.1) is 0 Å². The Morgan fingerprint density at radius 1 is 2.00 bits per heavy atom. The van der Waals surface area contributed by atoms with Crippen molar-refractivity contribution in [1.82, 2.24) is 0 Å². The van der Waals surface area contributed by atoms with E-state index >= 15 is 0 Å². The predicted molar refractivity (Wildman–Crippen MR) is 22.4 cm³/mol. The van der Waals surface area contributed by atoms with Gasteiger partial charge in [0.15, 0.2) is 9.76 Å². The molecule has 28 valence electrons. The number of hydrogen-bond acceptors (Lipinski definition) is 1. The number of rotatable bonds is 1. The van der Waals surface area contributed by atoms with Crippen LogP contribution in [0.4, 0.5) is 0 Å². The third kappa shape index (κ3) is 10.7. The second-order valence-corrected chi connectivity index (χ2v) is 2.17. The smallest absolute Gasteiger partial charge is 1.00 e. The van der Waals surface area contributed by atoms with Crippen molar-refractivity contribution in [2.45, 2.75) is 13.0 Å². The minimum atomic E-state index is -0.576. The van der Waals surface area contributed by atoms with Crippen molar-refractivity contribution in [3.05, 3.63) is 0 Å². The molecule has 0 spiro atoms. The van der Waals surface area contributed by atoms with E-state index in [-0.39, 0.29) is 52.8 Å².